The molecule has 1 saturated carbocycles. The van der Waals surface area contributed by atoms with E-state index in [1.165, 1.54) is 12.3 Å². The van der Waals surface area contributed by atoms with E-state index in [0.29, 0.717) is 36.5 Å². The maximum absolute atomic E-state index is 13.4. The van der Waals surface area contributed by atoms with Gasteiger partial charge in [0.15, 0.2) is 5.78 Å². The van der Waals surface area contributed by atoms with Gasteiger partial charge in [0.05, 0.1) is 11.1 Å². The Morgan fingerprint density at radius 1 is 1.28 bits per heavy atom. The Morgan fingerprint density at radius 3 is 2.72 bits per heavy atom. The number of aromatic nitrogens is 1. The zero-order valence-corrected chi connectivity index (χ0v) is 16.3. The lowest BCUT2D eigenvalue weighted by atomic mass is 9.85. The molecule has 156 valence electrons. The second-order valence-electron chi connectivity index (χ2n) is 8.59. The van der Waals surface area contributed by atoms with E-state index in [2.05, 4.69) is 16.8 Å². The van der Waals surface area contributed by atoms with E-state index >= 15 is 0 Å². The molecule has 2 aliphatic rings. The van der Waals surface area contributed by atoms with Crippen molar-refractivity contribution in [2.24, 2.45) is 17.8 Å². The largest absolute Gasteiger partial charge is 0.418 e. The number of aliphatic hydroxyl groups is 1. The third-order valence-electron chi connectivity index (χ3n) is 6.03. The van der Waals surface area contributed by atoms with Gasteiger partial charge in [-0.05, 0) is 61.3 Å². The van der Waals surface area contributed by atoms with E-state index in [1.807, 2.05) is 0 Å². The molecule has 2 heterocycles. The smallest absolute Gasteiger partial charge is 0.385 e. The highest BCUT2D eigenvalue weighted by molar-refractivity contribution is 5.94. The Bertz CT molecular complexity index is 911. The lowest BCUT2D eigenvalue weighted by Gasteiger charge is -2.38. The summed E-state index contributed by atoms with van der Waals surface area (Å²) >= 11 is 0. The molecule has 4 nitrogen and oxygen atoms in total. The maximum Gasteiger partial charge on any atom is 0.418 e. The number of carbonyl (C=O) groups excluding carboxylic acids is 1. The predicted octanol–water partition coefficient (Wildman–Crippen LogP) is 4.45. The number of Topliss-reactive ketones (excluding diaryl/α,β-unsaturated/α-hetero) is 1. The number of alkyl halides is 3. The van der Waals surface area contributed by atoms with Gasteiger partial charge < -0.3 is 10.0 Å². The number of hydrogen-bond acceptors (Lipinski definition) is 4. The summed E-state index contributed by atoms with van der Waals surface area (Å²) in [5, 5.41) is 10.6. The minimum Gasteiger partial charge on any atom is -0.385 e. The number of carbonyl (C=O) groups is 1. The Balaban J connectivity index is 1.60. The normalized spacial score (nSPS) is 24.0. The third-order valence-corrected chi connectivity index (χ3v) is 6.03. The van der Waals surface area contributed by atoms with Crippen molar-refractivity contribution in [2.75, 3.05) is 18.0 Å². The van der Waals surface area contributed by atoms with Gasteiger partial charge in [-0.2, -0.15) is 13.2 Å². The molecule has 2 aromatic rings. The molecule has 0 spiro atoms. The number of rotatable bonds is 5. The summed E-state index contributed by atoms with van der Waals surface area (Å²) < 4.78 is 40.2. The van der Waals surface area contributed by atoms with Crippen molar-refractivity contribution in [1.82, 2.24) is 4.98 Å². The van der Waals surface area contributed by atoms with Crippen LogP contribution in [0.25, 0.3) is 10.9 Å². The number of anilines is 1. The average molecular weight is 406 g/mol. The van der Waals surface area contributed by atoms with Gasteiger partial charge in [-0.15, -0.1) is 0 Å². The summed E-state index contributed by atoms with van der Waals surface area (Å²) in [6.07, 6.45) is -0.951. The summed E-state index contributed by atoms with van der Waals surface area (Å²) in [6, 6.07) is 5.93. The summed E-state index contributed by atoms with van der Waals surface area (Å²) in [7, 11) is 0. The molecule has 1 aliphatic heterocycles. The van der Waals surface area contributed by atoms with Crippen LogP contribution in [0.3, 0.4) is 0 Å². The molecule has 0 radical (unpaired) electrons. The van der Waals surface area contributed by atoms with Crippen molar-refractivity contribution >= 4 is 22.4 Å². The van der Waals surface area contributed by atoms with Crippen LogP contribution in [0.5, 0.6) is 0 Å². The van der Waals surface area contributed by atoms with Crippen LogP contribution in [-0.4, -0.2) is 35.1 Å². The highest BCUT2D eigenvalue weighted by Gasteiger charge is 2.37. The fourth-order valence-electron chi connectivity index (χ4n) is 4.57. The van der Waals surface area contributed by atoms with Gasteiger partial charge in [-0.3, -0.25) is 9.78 Å². The van der Waals surface area contributed by atoms with E-state index in [1.54, 1.807) is 12.1 Å². The molecule has 3 atom stereocenters. The molecule has 1 aromatic heterocycles. The van der Waals surface area contributed by atoms with Gasteiger partial charge in [0.1, 0.15) is 6.10 Å². The van der Waals surface area contributed by atoms with Crippen LogP contribution >= 0.6 is 0 Å². The van der Waals surface area contributed by atoms with E-state index < -0.39 is 17.8 Å². The van der Waals surface area contributed by atoms with Crippen LogP contribution in [0, 0.1) is 17.8 Å². The van der Waals surface area contributed by atoms with Crippen LogP contribution in [0.4, 0.5) is 18.9 Å². The summed E-state index contributed by atoms with van der Waals surface area (Å²) in [5.41, 5.74) is -0.0680. The van der Waals surface area contributed by atoms with E-state index in [-0.39, 0.29) is 23.1 Å². The summed E-state index contributed by atoms with van der Waals surface area (Å²) in [5.74, 6) is 0.386. The second-order valence-corrected chi connectivity index (χ2v) is 8.59. The second kappa shape index (κ2) is 7.59. The molecular formula is C22H25F3N2O2. The number of benzene rings is 1. The molecule has 1 aromatic carbocycles. The third kappa shape index (κ3) is 4.25. The number of piperidine rings is 1. The molecule has 1 unspecified atom stereocenters. The molecule has 4 rings (SSSR count). The Labute approximate surface area is 167 Å². The highest BCUT2D eigenvalue weighted by Crippen LogP contribution is 2.39. The average Bonchev–Trinajstić information content (AvgIpc) is 3.50. The minimum atomic E-state index is -4.46. The Morgan fingerprint density at radius 2 is 2.03 bits per heavy atom. The topological polar surface area (TPSA) is 53.4 Å². The quantitative estimate of drug-likeness (QED) is 0.797. The number of fused-ring (bicyclic) bond motifs is 1. The van der Waals surface area contributed by atoms with Crippen LogP contribution in [0.2, 0.25) is 0 Å². The van der Waals surface area contributed by atoms with Crippen molar-refractivity contribution in [1.29, 1.82) is 0 Å². The van der Waals surface area contributed by atoms with E-state index in [0.717, 1.165) is 25.3 Å². The van der Waals surface area contributed by atoms with Gasteiger partial charge in [0.2, 0.25) is 0 Å². The van der Waals surface area contributed by atoms with Gasteiger partial charge in [0, 0.05) is 36.8 Å². The number of nitrogens with zero attached hydrogens (tertiary/aromatic N) is 2. The standard InChI is InChI=1S/C22H25F3N2O2/c1-13-9-14(10-19(28)21(29)15-4-5-15)12-27(11-13)18-7-6-17(22(23,24)25)20-16(18)3-2-8-26-20/h2-3,6-8,13-15,21,29H,4-5,9-12H2,1H3/t13-,14-,21?/m0/s1. The SMILES string of the molecule is C[C@H]1C[C@@H](CC(=O)C(O)C2CC2)CN(c2ccc(C(F)(F)F)c3ncccc23)C1. The molecule has 29 heavy (non-hydrogen) atoms. The molecule has 7 heteroatoms. The lowest BCUT2D eigenvalue weighted by Crippen LogP contribution is -2.41. The number of pyridine rings is 1. The zero-order chi connectivity index (χ0) is 20.8. The van der Waals surface area contributed by atoms with Gasteiger partial charge in [0.25, 0.3) is 0 Å². The fraction of sp³-hybridized carbons (Fsp3) is 0.545. The molecule has 1 saturated heterocycles. The minimum absolute atomic E-state index is 0.0486. The maximum atomic E-state index is 13.4. The van der Waals surface area contributed by atoms with Crippen LogP contribution < -0.4 is 4.90 Å². The first kappa shape index (κ1) is 20.1. The highest BCUT2D eigenvalue weighted by atomic mass is 19.4. The van der Waals surface area contributed by atoms with E-state index in [4.69, 9.17) is 0 Å². The Kier molecular flexibility index (Phi) is 5.27. The van der Waals surface area contributed by atoms with Crippen molar-refractivity contribution in [3.05, 3.63) is 36.0 Å². The molecule has 1 aliphatic carbocycles. The predicted molar refractivity (Wildman–Crippen MR) is 105 cm³/mol. The first-order valence-electron chi connectivity index (χ1n) is 10.1. The Hall–Kier alpha value is -2.15. The molecule has 0 bridgehead atoms. The van der Waals surface area contributed by atoms with Crippen LogP contribution in [0.15, 0.2) is 30.5 Å². The van der Waals surface area contributed by atoms with E-state index in [9.17, 15) is 23.1 Å². The van der Waals surface area contributed by atoms with Gasteiger partial charge >= 0.3 is 6.18 Å². The van der Waals surface area contributed by atoms with Crippen molar-refractivity contribution < 1.29 is 23.1 Å². The molecular weight excluding hydrogens is 381 g/mol. The summed E-state index contributed by atoms with van der Waals surface area (Å²) in [4.78, 5) is 18.5. The van der Waals surface area contributed by atoms with Crippen LogP contribution in [-0.2, 0) is 11.0 Å². The number of hydrogen-bond donors (Lipinski definition) is 1. The number of halogens is 3. The van der Waals surface area contributed by atoms with Crippen molar-refractivity contribution in [3.8, 4) is 0 Å². The fourth-order valence-corrected chi connectivity index (χ4v) is 4.57. The lowest BCUT2D eigenvalue weighted by molar-refractivity contribution is -0.136. The van der Waals surface area contributed by atoms with Crippen LogP contribution in [0.1, 0.15) is 38.2 Å². The molecule has 2 fully saturated rings. The van der Waals surface area contributed by atoms with Gasteiger partial charge in [-0.1, -0.05) is 6.92 Å². The monoisotopic (exact) mass is 406 g/mol. The molecule has 1 N–H and O–H groups in total. The molecule has 0 amide bonds. The summed E-state index contributed by atoms with van der Waals surface area (Å²) in [6.45, 7) is 3.39. The first-order chi connectivity index (χ1) is 13.7. The number of aliphatic hydroxyl groups excluding tert-OH is 1. The number of ketones is 1. The van der Waals surface area contributed by atoms with Crippen molar-refractivity contribution in [2.45, 2.75) is 44.9 Å². The van der Waals surface area contributed by atoms with Crippen molar-refractivity contribution in [3.63, 3.8) is 0 Å². The van der Waals surface area contributed by atoms with Gasteiger partial charge in [-0.25, -0.2) is 0 Å². The first-order valence-corrected chi connectivity index (χ1v) is 10.1. The zero-order valence-electron chi connectivity index (χ0n) is 16.3.